The molecular weight excluding hydrogens is 240 g/mol. The Morgan fingerprint density at radius 2 is 2.00 bits per heavy atom. The third kappa shape index (κ3) is 1.64. The van der Waals surface area contributed by atoms with Crippen molar-refractivity contribution >= 4 is 20.6 Å². The molecule has 1 heterocycles. The van der Waals surface area contributed by atoms with E-state index < -0.39 is 20.5 Å². The Hall–Kier alpha value is -1.40. The number of sulfone groups is 1. The van der Waals surface area contributed by atoms with Gasteiger partial charge in [-0.05, 0) is 25.5 Å². The molecule has 0 bridgehead atoms. The van der Waals surface area contributed by atoms with E-state index in [1.807, 2.05) is 0 Å². The zero-order valence-corrected chi connectivity index (χ0v) is 10.5. The zero-order chi connectivity index (χ0) is 12.8. The maximum absolute atomic E-state index is 12.1. The van der Waals surface area contributed by atoms with E-state index in [0.717, 1.165) is 0 Å². The van der Waals surface area contributed by atoms with Gasteiger partial charge in [-0.3, -0.25) is 4.79 Å². The monoisotopic (exact) mass is 254 g/mol. The van der Waals surface area contributed by atoms with Gasteiger partial charge in [0.05, 0.1) is 10.6 Å². The minimum Gasteiger partial charge on any atom is -0.371 e. The third-order valence-electron chi connectivity index (χ3n) is 2.81. The van der Waals surface area contributed by atoms with Gasteiger partial charge >= 0.3 is 0 Å². The van der Waals surface area contributed by atoms with Crippen LogP contribution in [0.2, 0.25) is 0 Å². The maximum atomic E-state index is 12.1. The lowest BCUT2D eigenvalue weighted by Gasteiger charge is -2.32. The fraction of sp³-hybridized carbons (Fsp3) is 0.364. The van der Waals surface area contributed by atoms with Crippen LogP contribution in [0.15, 0.2) is 23.1 Å². The number of rotatable bonds is 1. The molecule has 0 aliphatic carbocycles. The smallest absolute Gasteiger partial charge is 0.275 e. The molecule has 17 heavy (non-hydrogen) atoms. The van der Waals surface area contributed by atoms with Gasteiger partial charge in [-0.15, -0.1) is 0 Å². The highest BCUT2D eigenvalue weighted by atomic mass is 32.2. The number of nitrogens with two attached hydrogens (primary N) is 1. The van der Waals surface area contributed by atoms with E-state index in [-0.39, 0.29) is 11.4 Å². The van der Waals surface area contributed by atoms with E-state index in [9.17, 15) is 13.2 Å². The van der Waals surface area contributed by atoms with Crippen LogP contribution in [-0.4, -0.2) is 19.1 Å². The summed E-state index contributed by atoms with van der Waals surface area (Å²) in [7, 11) is -3.92. The molecule has 0 radical (unpaired) electrons. The van der Waals surface area contributed by atoms with E-state index in [1.165, 1.54) is 6.07 Å². The second-order valence-corrected chi connectivity index (χ2v) is 6.35. The summed E-state index contributed by atoms with van der Waals surface area (Å²) >= 11 is 0. The summed E-state index contributed by atoms with van der Waals surface area (Å²) in [5.74, 6) is 0. The fourth-order valence-electron chi connectivity index (χ4n) is 1.91. The molecule has 3 N–H and O–H groups in total. The lowest BCUT2D eigenvalue weighted by Crippen LogP contribution is -2.48. The van der Waals surface area contributed by atoms with Crippen LogP contribution in [-0.2, 0) is 21.2 Å². The maximum Gasteiger partial charge on any atom is 0.275 e. The molecule has 1 aliphatic rings. The van der Waals surface area contributed by atoms with Crippen LogP contribution >= 0.6 is 0 Å². The average Bonchev–Trinajstić information content (AvgIpc) is 2.26. The van der Waals surface area contributed by atoms with Crippen LogP contribution in [0.4, 0.5) is 5.69 Å². The van der Waals surface area contributed by atoms with Crippen molar-refractivity contribution in [3.63, 3.8) is 0 Å². The van der Waals surface area contributed by atoms with Crippen molar-refractivity contribution in [3.8, 4) is 0 Å². The predicted octanol–water partition coefficient (Wildman–Crippen LogP) is 0.650. The van der Waals surface area contributed by atoms with Crippen molar-refractivity contribution in [2.45, 2.75) is 30.8 Å². The molecule has 0 amide bonds. The SMILES string of the molecule is CC1(C)Nc2c(CN)cccc2S(=O)(=O)C1=O. The summed E-state index contributed by atoms with van der Waals surface area (Å²) in [6, 6.07) is 4.75. The Labute approximate surface area is 99.9 Å². The second-order valence-electron chi connectivity index (χ2n) is 4.54. The Morgan fingerprint density at radius 1 is 1.35 bits per heavy atom. The number of para-hydroxylation sites is 1. The molecule has 92 valence electrons. The predicted molar refractivity (Wildman–Crippen MR) is 64.2 cm³/mol. The lowest BCUT2D eigenvalue weighted by atomic mass is 10.0. The number of fused-ring (bicyclic) bond motifs is 1. The summed E-state index contributed by atoms with van der Waals surface area (Å²) in [5, 5.41) is 2.14. The molecule has 0 aromatic heterocycles. The Kier molecular flexibility index (Phi) is 2.52. The van der Waals surface area contributed by atoms with Crippen molar-refractivity contribution in [1.82, 2.24) is 0 Å². The Balaban J connectivity index is 2.79. The molecule has 0 fully saturated rings. The van der Waals surface area contributed by atoms with Crippen LogP contribution in [0, 0.1) is 0 Å². The first-order valence-electron chi connectivity index (χ1n) is 5.20. The van der Waals surface area contributed by atoms with Gasteiger partial charge in [-0.25, -0.2) is 8.42 Å². The number of benzene rings is 1. The summed E-state index contributed by atoms with van der Waals surface area (Å²) < 4.78 is 24.1. The highest BCUT2D eigenvalue weighted by molar-refractivity contribution is 8.06. The first-order valence-corrected chi connectivity index (χ1v) is 6.68. The van der Waals surface area contributed by atoms with Gasteiger partial charge in [-0.1, -0.05) is 12.1 Å². The van der Waals surface area contributed by atoms with Crippen molar-refractivity contribution in [3.05, 3.63) is 23.8 Å². The molecular formula is C11H14N2O3S. The molecule has 1 aliphatic heterocycles. The van der Waals surface area contributed by atoms with E-state index >= 15 is 0 Å². The molecule has 6 heteroatoms. The standard InChI is InChI=1S/C11H14N2O3S/c1-11(2)10(14)17(15,16)8-5-3-4-7(6-12)9(8)13-11/h3-5,13H,6,12H2,1-2H3. The molecule has 2 rings (SSSR count). The molecule has 1 aromatic rings. The highest BCUT2D eigenvalue weighted by Crippen LogP contribution is 2.36. The third-order valence-corrected chi connectivity index (χ3v) is 4.73. The van der Waals surface area contributed by atoms with Crippen LogP contribution in [0.5, 0.6) is 0 Å². The first kappa shape index (κ1) is 12.1. The van der Waals surface area contributed by atoms with E-state index in [1.54, 1.807) is 26.0 Å². The topological polar surface area (TPSA) is 89.3 Å². The molecule has 5 nitrogen and oxygen atoms in total. The van der Waals surface area contributed by atoms with Gasteiger partial charge in [0.1, 0.15) is 5.54 Å². The van der Waals surface area contributed by atoms with Gasteiger partial charge in [0, 0.05) is 6.54 Å². The number of hydrogen-bond acceptors (Lipinski definition) is 5. The van der Waals surface area contributed by atoms with Gasteiger partial charge in [0.2, 0.25) is 9.84 Å². The number of hydrogen-bond donors (Lipinski definition) is 2. The molecule has 0 atom stereocenters. The Bertz CT molecular complexity index is 591. The number of carbonyl (C=O) groups is 1. The van der Waals surface area contributed by atoms with Crippen LogP contribution in [0.25, 0.3) is 0 Å². The highest BCUT2D eigenvalue weighted by Gasteiger charge is 2.45. The normalized spacial score (nSPS) is 20.5. The Morgan fingerprint density at radius 3 is 2.59 bits per heavy atom. The lowest BCUT2D eigenvalue weighted by molar-refractivity contribution is -0.114. The van der Waals surface area contributed by atoms with Crippen LogP contribution in [0.1, 0.15) is 19.4 Å². The van der Waals surface area contributed by atoms with Gasteiger partial charge in [-0.2, -0.15) is 0 Å². The number of carbonyl (C=O) groups excluding carboxylic acids is 1. The van der Waals surface area contributed by atoms with E-state index in [2.05, 4.69) is 5.32 Å². The van der Waals surface area contributed by atoms with Crippen molar-refractivity contribution in [2.24, 2.45) is 5.73 Å². The minimum atomic E-state index is -3.92. The van der Waals surface area contributed by atoms with Crippen LogP contribution < -0.4 is 11.1 Å². The number of nitrogens with one attached hydrogen (secondary N) is 1. The number of anilines is 1. The van der Waals surface area contributed by atoms with Gasteiger partial charge in [0.25, 0.3) is 5.12 Å². The quantitative estimate of drug-likeness (QED) is 0.768. The summed E-state index contributed by atoms with van der Waals surface area (Å²) in [6.07, 6.45) is 0. The largest absolute Gasteiger partial charge is 0.371 e. The first-order chi connectivity index (χ1) is 7.80. The molecule has 0 spiro atoms. The van der Waals surface area contributed by atoms with Gasteiger partial charge < -0.3 is 11.1 Å². The molecule has 1 aromatic carbocycles. The van der Waals surface area contributed by atoms with E-state index in [4.69, 9.17) is 5.73 Å². The molecule has 0 saturated heterocycles. The summed E-state index contributed by atoms with van der Waals surface area (Å²) in [6.45, 7) is 3.31. The molecule has 0 unspecified atom stereocenters. The van der Waals surface area contributed by atoms with Crippen LogP contribution in [0.3, 0.4) is 0 Å². The fourth-order valence-corrected chi connectivity index (χ4v) is 3.54. The summed E-state index contributed by atoms with van der Waals surface area (Å²) in [4.78, 5) is 11.9. The second kappa shape index (κ2) is 3.54. The van der Waals surface area contributed by atoms with Crippen molar-refractivity contribution < 1.29 is 13.2 Å². The summed E-state index contributed by atoms with van der Waals surface area (Å²) in [5.41, 5.74) is 5.57. The van der Waals surface area contributed by atoms with Crippen molar-refractivity contribution in [2.75, 3.05) is 5.32 Å². The van der Waals surface area contributed by atoms with Crippen molar-refractivity contribution in [1.29, 1.82) is 0 Å². The van der Waals surface area contributed by atoms with E-state index in [0.29, 0.717) is 11.3 Å². The zero-order valence-electron chi connectivity index (χ0n) is 9.65. The average molecular weight is 254 g/mol. The molecule has 0 saturated carbocycles. The van der Waals surface area contributed by atoms with Gasteiger partial charge in [0.15, 0.2) is 0 Å². The minimum absolute atomic E-state index is 0.0183.